The van der Waals surface area contributed by atoms with E-state index >= 15 is 0 Å². The Labute approximate surface area is 162 Å². The molecule has 0 radical (unpaired) electrons. The molecule has 0 aromatic carbocycles. The lowest BCUT2D eigenvalue weighted by Gasteiger charge is -2.62. The third-order valence-corrected chi connectivity index (χ3v) is 7.73. The molecular formula is C22H34O5. The molecule has 1 saturated carbocycles. The van der Waals surface area contributed by atoms with E-state index in [1.54, 1.807) is 0 Å². The van der Waals surface area contributed by atoms with Gasteiger partial charge in [-0.3, -0.25) is 9.59 Å². The molecule has 2 aliphatic carbocycles. The van der Waals surface area contributed by atoms with Crippen molar-refractivity contribution < 1.29 is 23.8 Å². The van der Waals surface area contributed by atoms with Crippen molar-refractivity contribution in [3.8, 4) is 0 Å². The number of carbonyl (C=O) groups excluding carboxylic acids is 2. The van der Waals surface area contributed by atoms with Gasteiger partial charge < -0.3 is 14.2 Å². The molecule has 3 rings (SSSR count). The fraction of sp³-hybridized carbons (Fsp3) is 0.818. The van der Waals surface area contributed by atoms with Crippen LogP contribution in [-0.2, 0) is 23.8 Å². The van der Waals surface area contributed by atoms with E-state index in [-0.39, 0.29) is 35.2 Å². The van der Waals surface area contributed by atoms with Crippen LogP contribution in [0.5, 0.6) is 0 Å². The minimum Gasteiger partial charge on any atom is -0.469 e. The van der Waals surface area contributed by atoms with Crippen LogP contribution in [0.15, 0.2) is 11.6 Å². The van der Waals surface area contributed by atoms with Crippen LogP contribution in [-0.4, -0.2) is 36.9 Å². The van der Waals surface area contributed by atoms with Gasteiger partial charge in [0, 0.05) is 11.3 Å². The minimum atomic E-state index is -0.532. The van der Waals surface area contributed by atoms with E-state index in [1.807, 2.05) is 6.92 Å². The molecule has 2 fully saturated rings. The standard InChI is InChI=1S/C22H34O5/c1-15-12-16(26-14-23)18-19(2,3)8-7-9-21(18,5)22(15)11-10-20(4,27-22)13-17(24)25-6/h12,14,16,18H,7-11,13H2,1-6H3/t16-,18-,20+,21-,22+/m0/s1. The van der Waals surface area contributed by atoms with Crippen LogP contribution in [0.3, 0.4) is 0 Å². The second-order valence-electron chi connectivity index (χ2n) is 9.92. The predicted molar refractivity (Wildman–Crippen MR) is 102 cm³/mol. The van der Waals surface area contributed by atoms with Gasteiger partial charge in [0.1, 0.15) is 6.10 Å². The summed E-state index contributed by atoms with van der Waals surface area (Å²) in [6, 6.07) is 0. The van der Waals surface area contributed by atoms with Gasteiger partial charge in [-0.05, 0) is 56.6 Å². The van der Waals surface area contributed by atoms with Crippen LogP contribution < -0.4 is 0 Å². The fourth-order valence-corrected chi connectivity index (χ4v) is 6.60. The highest BCUT2D eigenvalue weighted by Gasteiger charge is 2.67. The molecule has 1 aliphatic heterocycles. The Kier molecular flexibility index (Phi) is 4.99. The number of carbonyl (C=O) groups is 2. The first-order valence-electron chi connectivity index (χ1n) is 10.1. The molecule has 5 heteroatoms. The second-order valence-corrected chi connectivity index (χ2v) is 9.92. The summed E-state index contributed by atoms with van der Waals surface area (Å²) in [6.07, 6.45) is 7.07. The molecule has 1 heterocycles. The molecule has 27 heavy (non-hydrogen) atoms. The van der Waals surface area contributed by atoms with Crippen molar-refractivity contribution in [2.45, 2.75) is 90.4 Å². The van der Waals surface area contributed by atoms with Gasteiger partial charge in [0.05, 0.1) is 24.7 Å². The van der Waals surface area contributed by atoms with Gasteiger partial charge >= 0.3 is 5.97 Å². The van der Waals surface area contributed by atoms with Crippen molar-refractivity contribution in [3.63, 3.8) is 0 Å². The first kappa shape index (κ1) is 20.4. The van der Waals surface area contributed by atoms with Gasteiger partial charge in [-0.2, -0.15) is 0 Å². The molecule has 5 nitrogen and oxygen atoms in total. The summed E-state index contributed by atoms with van der Waals surface area (Å²) < 4.78 is 17.3. The molecule has 3 aliphatic rings. The number of hydrogen-bond acceptors (Lipinski definition) is 5. The zero-order valence-corrected chi connectivity index (χ0v) is 17.6. The highest BCUT2D eigenvalue weighted by atomic mass is 16.5. The first-order valence-corrected chi connectivity index (χ1v) is 10.1. The normalized spacial score (nSPS) is 43.0. The summed E-state index contributed by atoms with van der Waals surface area (Å²) >= 11 is 0. The Morgan fingerprint density at radius 2 is 1.93 bits per heavy atom. The summed E-state index contributed by atoms with van der Waals surface area (Å²) in [5.74, 6) is -0.0621. The number of hydrogen-bond donors (Lipinski definition) is 0. The number of methoxy groups -OCH3 is 1. The van der Waals surface area contributed by atoms with Crippen molar-refractivity contribution >= 4 is 12.4 Å². The average molecular weight is 379 g/mol. The van der Waals surface area contributed by atoms with Gasteiger partial charge in [0.25, 0.3) is 6.47 Å². The molecule has 1 spiro atoms. The number of ether oxygens (including phenoxy) is 3. The maximum absolute atomic E-state index is 12.0. The van der Waals surface area contributed by atoms with Crippen molar-refractivity contribution in [1.29, 1.82) is 0 Å². The lowest BCUT2D eigenvalue weighted by atomic mass is 9.46. The maximum atomic E-state index is 12.0. The summed E-state index contributed by atoms with van der Waals surface area (Å²) in [4.78, 5) is 23.2. The quantitative estimate of drug-likeness (QED) is 0.417. The molecule has 0 N–H and O–H groups in total. The average Bonchev–Trinajstić information content (AvgIpc) is 2.92. The van der Waals surface area contributed by atoms with Gasteiger partial charge in [-0.15, -0.1) is 0 Å². The van der Waals surface area contributed by atoms with E-state index in [2.05, 4.69) is 33.8 Å². The van der Waals surface area contributed by atoms with E-state index in [0.717, 1.165) is 37.7 Å². The predicted octanol–water partition coefficient (Wildman–Crippen LogP) is 4.19. The Hall–Kier alpha value is -1.36. The summed E-state index contributed by atoms with van der Waals surface area (Å²) in [5, 5.41) is 0. The van der Waals surface area contributed by atoms with Crippen LogP contribution in [0.4, 0.5) is 0 Å². The Balaban J connectivity index is 2.06. The smallest absolute Gasteiger partial charge is 0.308 e. The molecule has 152 valence electrons. The lowest BCUT2D eigenvalue weighted by molar-refractivity contribution is -0.213. The number of esters is 1. The molecule has 1 saturated heterocycles. The summed E-state index contributed by atoms with van der Waals surface area (Å²) in [5.41, 5.74) is 0.0424. The molecule has 5 atom stereocenters. The molecule has 0 aromatic rings. The third kappa shape index (κ3) is 3.02. The Morgan fingerprint density at radius 3 is 2.56 bits per heavy atom. The van der Waals surface area contributed by atoms with Gasteiger partial charge in [-0.25, -0.2) is 0 Å². The highest BCUT2D eigenvalue weighted by molar-refractivity contribution is 5.70. The van der Waals surface area contributed by atoms with Crippen LogP contribution >= 0.6 is 0 Å². The lowest BCUT2D eigenvalue weighted by Crippen LogP contribution is -2.63. The fourth-order valence-electron chi connectivity index (χ4n) is 6.60. The van der Waals surface area contributed by atoms with Crippen LogP contribution in [0.2, 0.25) is 0 Å². The zero-order valence-electron chi connectivity index (χ0n) is 17.6. The summed E-state index contributed by atoms with van der Waals surface area (Å²) in [6.45, 7) is 11.6. The van der Waals surface area contributed by atoms with Gasteiger partial charge in [-0.1, -0.05) is 27.2 Å². The molecular weight excluding hydrogens is 344 g/mol. The maximum Gasteiger partial charge on any atom is 0.308 e. The second kappa shape index (κ2) is 6.61. The molecule has 0 bridgehead atoms. The minimum absolute atomic E-state index is 0.0373. The van der Waals surface area contributed by atoms with Gasteiger partial charge in [0.2, 0.25) is 0 Å². The van der Waals surface area contributed by atoms with E-state index in [4.69, 9.17) is 14.2 Å². The monoisotopic (exact) mass is 378 g/mol. The van der Waals surface area contributed by atoms with Crippen LogP contribution in [0.1, 0.15) is 73.1 Å². The Bertz CT molecular complexity index is 653. The van der Waals surface area contributed by atoms with Crippen LogP contribution in [0, 0.1) is 16.7 Å². The molecule has 0 aromatic heterocycles. The molecule has 0 unspecified atom stereocenters. The topological polar surface area (TPSA) is 61.8 Å². The van der Waals surface area contributed by atoms with E-state index in [9.17, 15) is 9.59 Å². The van der Waals surface area contributed by atoms with Crippen molar-refractivity contribution in [2.75, 3.05) is 7.11 Å². The molecule has 0 amide bonds. The SMILES string of the molecule is COC(=O)C[C@@]1(C)CC[C@@]2(O1)C(C)=C[C@H](OC=O)[C@H]1C(C)(C)CCC[C@@]12C. The first-order chi connectivity index (χ1) is 12.5. The van der Waals surface area contributed by atoms with E-state index < -0.39 is 11.2 Å². The Morgan fingerprint density at radius 1 is 1.22 bits per heavy atom. The van der Waals surface area contributed by atoms with Crippen molar-refractivity contribution in [2.24, 2.45) is 16.7 Å². The van der Waals surface area contributed by atoms with E-state index in [1.165, 1.54) is 7.11 Å². The third-order valence-electron chi connectivity index (χ3n) is 7.73. The largest absolute Gasteiger partial charge is 0.469 e. The summed E-state index contributed by atoms with van der Waals surface area (Å²) in [7, 11) is 1.42. The highest BCUT2D eigenvalue weighted by Crippen LogP contribution is 2.66. The van der Waals surface area contributed by atoms with Crippen LogP contribution in [0.25, 0.3) is 0 Å². The number of rotatable bonds is 4. The zero-order chi connectivity index (χ0) is 20.1. The van der Waals surface area contributed by atoms with E-state index in [0.29, 0.717) is 6.47 Å². The number of fused-ring (bicyclic) bond motifs is 2. The van der Waals surface area contributed by atoms with Crippen molar-refractivity contribution in [3.05, 3.63) is 11.6 Å². The van der Waals surface area contributed by atoms with Crippen molar-refractivity contribution in [1.82, 2.24) is 0 Å². The van der Waals surface area contributed by atoms with Gasteiger partial charge in [0.15, 0.2) is 0 Å².